The van der Waals surface area contributed by atoms with E-state index in [-0.39, 0.29) is 6.04 Å². The second-order valence-corrected chi connectivity index (χ2v) is 5.32. The largest absolute Gasteiger partial charge is 0.480 e. The molecule has 1 aliphatic rings. The second-order valence-electron chi connectivity index (χ2n) is 5.32. The van der Waals surface area contributed by atoms with Crippen molar-refractivity contribution in [3.8, 4) is 0 Å². The number of nitrogens with zero attached hydrogens (tertiary/aromatic N) is 1. The maximum absolute atomic E-state index is 11.3. The molecule has 5 nitrogen and oxygen atoms in total. The van der Waals surface area contributed by atoms with E-state index in [1.807, 2.05) is 13.8 Å². The molecule has 0 saturated carbocycles. The van der Waals surface area contributed by atoms with Gasteiger partial charge < -0.3 is 10.1 Å². The number of aromatic amines is 1. The van der Waals surface area contributed by atoms with E-state index in [1.165, 1.54) is 0 Å². The third-order valence-corrected chi connectivity index (χ3v) is 3.84. The van der Waals surface area contributed by atoms with Crippen LogP contribution in [0.25, 0.3) is 0 Å². The highest BCUT2D eigenvalue weighted by Gasteiger charge is 2.33. The van der Waals surface area contributed by atoms with Crippen LogP contribution in [0, 0.1) is 13.8 Å². The molecule has 0 bridgehead atoms. The summed E-state index contributed by atoms with van der Waals surface area (Å²) in [6.07, 6.45) is 2.07. The first-order valence-corrected chi connectivity index (χ1v) is 6.64. The Morgan fingerprint density at radius 2 is 2.20 bits per heavy atom. The molecule has 5 heteroatoms. The minimum absolute atomic E-state index is 0.175. The normalized spacial score (nSPS) is 21.5. The van der Waals surface area contributed by atoms with Crippen molar-refractivity contribution in [3.63, 3.8) is 0 Å². The summed E-state index contributed by atoms with van der Waals surface area (Å²) in [6, 6.07) is 5.44. The highest BCUT2D eigenvalue weighted by atomic mass is 16.4. The van der Waals surface area contributed by atoms with Gasteiger partial charge in [0.2, 0.25) is 0 Å². The smallest absolute Gasteiger partial charge is 0.321 e. The van der Waals surface area contributed by atoms with E-state index in [4.69, 9.17) is 0 Å². The average molecular weight is 271 g/mol. The molecular weight excluding hydrogens is 254 g/mol. The van der Waals surface area contributed by atoms with Crippen molar-refractivity contribution >= 4 is 5.97 Å². The molecule has 2 atom stereocenters. The Balaban J connectivity index is 2.08. The molecule has 0 amide bonds. The number of carbonyl (C=O) groups is 1. The Labute approximate surface area is 117 Å². The number of hydrogen-bond acceptors (Lipinski definition) is 3. The highest BCUT2D eigenvalue weighted by Crippen LogP contribution is 2.30. The lowest BCUT2D eigenvalue weighted by Crippen LogP contribution is -2.45. The fourth-order valence-corrected chi connectivity index (χ4v) is 2.75. The molecule has 3 N–H and O–H groups in total. The first-order chi connectivity index (χ1) is 9.56. The van der Waals surface area contributed by atoms with Gasteiger partial charge in [0.1, 0.15) is 6.04 Å². The summed E-state index contributed by atoms with van der Waals surface area (Å²) >= 11 is 0. The summed E-state index contributed by atoms with van der Waals surface area (Å²) in [6.45, 7) is 4.07. The number of nitrogens with one attached hydrogen (secondary N) is 2. The number of carboxylic acid groups (broad SMARTS) is 1. The zero-order valence-corrected chi connectivity index (χ0v) is 11.5. The molecule has 104 valence electrons. The molecular formula is C15H17N3O2. The van der Waals surface area contributed by atoms with Gasteiger partial charge >= 0.3 is 5.97 Å². The van der Waals surface area contributed by atoms with Crippen LogP contribution in [0.2, 0.25) is 0 Å². The molecule has 0 fully saturated rings. The van der Waals surface area contributed by atoms with Crippen LogP contribution in [0.4, 0.5) is 0 Å². The number of imidazole rings is 1. The van der Waals surface area contributed by atoms with E-state index < -0.39 is 12.0 Å². The SMILES string of the molecule is Cc1ccc(C)c([C@@H]2N[C@H](C(=O)O)Cc3[nH]cnc32)c1. The van der Waals surface area contributed by atoms with E-state index >= 15 is 0 Å². The van der Waals surface area contributed by atoms with Crippen LogP contribution in [0.5, 0.6) is 0 Å². The van der Waals surface area contributed by atoms with E-state index in [1.54, 1.807) is 6.33 Å². The molecule has 0 saturated heterocycles. The molecule has 0 radical (unpaired) electrons. The van der Waals surface area contributed by atoms with Gasteiger partial charge in [0.05, 0.1) is 18.1 Å². The molecule has 20 heavy (non-hydrogen) atoms. The number of rotatable bonds is 2. The standard InChI is InChI=1S/C15H17N3O2/c1-8-3-4-9(2)10(5-8)13-14-11(16-7-17-14)6-12(18-13)15(19)20/h3-5,7,12-13,18H,6H2,1-2H3,(H,16,17)(H,19,20)/t12-,13-/m0/s1. The first-order valence-electron chi connectivity index (χ1n) is 6.64. The number of H-pyrrole nitrogens is 1. The van der Waals surface area contributed by atoms with Crippen LogP contribution in [0.3, 0.4) is 0 Å². The summed E-state index contributed by atoms with van der Waals surface area (Å²) in [5.41, 5.74) is 5.18. The predicted molar refractivity (Wildman–Crippen MR) is 74.6 cm³/mol. The van der Waals surface area contributed by atoms with Crippen LogP contribution in [-0.2, 0) is 11.2 Å². The van der Waals surface area contributed by atoms with E-state index in [0.717, 1.165) is 28.1 Å². The van der Waals surface area contributed by atoms with Crippen LogP contribution >= 0.6 is 0 Å². The van der Waals surface area contributed by atoms with Crippen molar-refractivity contribution in [2.24, 2.45) is 0 Å². The molecule has 1 aliphatic heterocycles. The topological polar surface area (TPSA) is 78.0 Å². The fraction of sp³-hybridized carbons (Fsp3) is 0.333. The number of carboxylic acids is 1. The number of fused-ring (bicyclic) bond motifs is 1. The van der Waals surface area contributed by atoms with E-state index in [0.29, 0.717) is 6.42 Å². The Hall–Kier alpha value is -2.14. The second kappa shape index (κ2) is 4.76. The van der Waals surface area contributed by atoms with Gasteiger partial charge in [-0.05, 0) is 25.0 Å². The van der Waals surface area contributed by atoms with E-state index in [9.17, 15) is 9.90 Å². The van der Waals surface area contributed by atoms with Crippen molar-refractivity contribution in [3.05, 3.63) is 52.6 Å². The molecule has 3 rings (SSSR count). The third-order valence-electron chi connectivity index (χ3n) is 3.84. The number of aryl methyl sites for hydroxylation is 2. The quantitative estimate of drug-likeness (QED) is 0.777. The third kappa shape index (κ3) is 2.10. The minimum Gasteiger partial charge on any atom is -0.480 e. The lowest BCUT2D eigenvalue weighted by atomic mass is 9.90. The molecule has 0 aliphatic carbocycles. The maximum atomic E-state index is 11.3. The van der Waals surface area contributed by atoms with Crippen molar-refractivity contribution in [1.82, 2.24) is 15.3 Å². The summed E-state index contributed by atoms with van der Waals surface area (Å²) < 4.78 is 0. The number of aliphatic carboxylic acids is 1. The number of benzene rings is 1. The maximum Gasteiger partial charge on any atom is 0.321 e. The Morgan fingerprint density at radius 3 is 2.95 bits per heavy atom. The van der Waals surface area contributed by atoms with Crippen molar-refractivity contribution in [2.75, 3.05) is 0 Å². The van der Waals surface area contributed by atoms with Gasteiger partial charge in [-0.15, -0.1) is 0 Å². The van der Waals surface area contributed by atoms with Crippen molar-refractivity contribution in [2.45, 2.75) is 32.4 Å². The zero-order chi connectivity index (χ0) is 14.3. The monoisotopic (exact) mass is 271 g/mol. The van der Waals surface area contributed by atoms with Gasteiger partial charge in [0.15, 0.2) is 0 Å². The van der Waals surface area contributed by atoms with Crippen LogP contribution < -0.4 is 5.32 Å². The Bertz CT molecular complexity index is 663. The summed E-state index contributed by atoms with van der Waals surface area (Å²) in [5.74, 6) is -0.833. The van der Waals surface area contributed by atoms with Crippen molar-refractivity contribution < 1.29 is 9.90 Å². The van der Waals surface area contributed by atoms with Gasteiger partial charge in [-0.1, -0.05) is 23.8 Å². The van der Waals surface area contributed by atoms with Gasteiger partial charge in [-0.2, -0.15) is 0 Å². The Morgan fingerprint density at radius 1 is 1.40 bits per heavy atom. The Kier molecular flexibility index (Phi) is 3.06. The fourth-order valence-electron chi connectivity index (χ4n) is 2.75. The zero-order valence-electron chi connectivity index (χ0n) is 11.5. The molecule has 2 aromatic rings. The van der Waals surface area contributed by atoms with Gasteiger partial charge in [-0.3, -0.25) is 10.1 Å². The summed E-state index contributed by atoms with van der Waals surface area (Å²) in [4.78, 5) is 18.7. The molecule has 2 heterocycles. The van der Waals surface area contributed by atoms with Gasteiger partial charge in [-0.25, -0.2) is 4.98 Å². The molecule has 1 aromatic carbocycles. The average Bonchev–Trinajstić information content (AvgIpc) is 2.88. The van der Waals surface area contributed by atoms with Crippen LogP contribution in [-0.4, -0.2) is 27.1 Å². The summed E-state index contributed by atoms with van der Waals surface area (Å²) in [7, 11) is 0. The molecule has 0 unspecified atom stereocenters. The molecule has 0 spiro atoms. The lowest BCUT2D eigenvalue weighted by molar-refractivity contribution is -0.139. The molecule has 1 aromatic heterocycles. The first kappa shape index (κ1) is 12.9. The van der Waals surface area contributed by atoms with Gasteiger partial charge in [0, 0.05) is 12.1 Å². The minimum atomic E-state index is -0.833. The van der Waals surface area contributed by atoms with Crippen LogP contribution in [0.15, 0.2) is 24.5 Å². The van der Waals surface area contributed by atoms with Crippen LogP contribution in [0.1, 0.15) is 34.1 Å². The van der Waals surface area contributed by atoms with Gasteiger partial charge in [0.25, 0.3) is 0 Å². The predicted octanol–water partition coefficient (Wildman–Crippen LogP) is 1.71. The summed E-state index contributed by atoms with van der Waals surface area (Å²) in [5, 5.41) is 12.5. The van der Waals surface area contributed by atoms with Crippen molar-refractivity contribution in [1.29, 1.82) is 0 Å². The number of aromatic nitrogens is 2. The highest BCUT2D eigenvalue weighted by molar-refractivity contribution is 5.74. The lowest BCUT2D eigenvalue weighted by Gasteiger charge is -2.29. The van der Waals surface area contributed by atoms with E-state index in [2.05, 4.69) is 33.5 Å². The number of hydrogen-bond donors (Lipinski definition) is 3.